The van der Waals surface area contributed by atoms with Crippen molar-refractivity contribution in [3.63, 3.8) is 0 Å². The lowest BCUT2D eigenvalue weighted by Crippen LogP contribution is -2.61. The number of hydrogen-bond acceptors (Lipinski definition) is 9. The molecule has 0 aromatic rings. The van der Waals surface area contributed by atoms with Crippen molar-refractivity contribution in [3.8, 4) is 0 Å². The number of nitrogens with one attached hydrogen (secondary N) is 1. The maximum absolute atomic E-state index is 13.5. The Kier molecular flexibility index (Phi) is 9.73. The molecule has 3 saturated carbocycles. The molecule has 9 nitrogen and oxygen atoms in total. The first kappa shape index (κ1) is 32.1. The highest BCUT2D eigenvalue weighted by Gasteiger charge is 2.68. The van der Waals surface area contributed by atoms with E-state index in [1.54, 1.807) is 12.2 Å². The van der Waals surface area contributed by atoms with Crippen LogP contribution in [0.3, 0.4) is 0 Å². The molecule has 4 aliphatic rings. The van der Waals surface area contributed by atoms with Crippen LogP contribution in [0.1, 0.15) is 65.7 Å². The monoisotopic (exact) mass is 653 g/mol. The van der Waals surface area contributed by atoms with Crippen LogP contribution in [0.2, 0.25) is 0 Å². The number of thioether (sulfide) groups is 1. The summed E-state index contributed by atoms with van der Waals surface area (Å²) in [7, 11) is 0. The van der Waals surface area contributed by atoms with E-state index in [0.717, 1.165) is 30.2 Å². The van der Waals surface area contributed by atoms with Gasteiger partial charge >= 0.3 is 5.97 Å². The molecule has 0 aromatic heterocycles. The number of carbonyl (C=O) groups is 5. The second-order valence-electron chi connectivity index (χ2n) is 12.4. The molecular weight excluding hydrogens is 614 g/mol. The molecule has 0 aromatic carbocycles. The summed E-state index contributed by atoms with van der Waals surface area (Å²) in [6, 6.07) is -1.11. The van der Waals surface area contributed by atoms with Gasteiger partial charge in [0.05, 0.1) is 6.10 Å². The molecule has 4 rings (SSSR count). The Bertz CT molecular complexity index is 1170. The first-order valence-corrected chi connectivity index (χ1v) is 16.4. The van der Waals surface area contributed by atoms with Crippen LogP contribution in [0.25, 0.3) is 0 Å². The van der Waals surface area contributed by atoms with E-state index in [1.165, 1.54) is 6.92 Å². The number of rotatable bonds is 10. The molecular formula is C30H40BrNO8S. The summed E-state index contributed by atoms with van der Waals surface area (Å²) in [4.78, 5) is 62.1. The maximum Gasteiger partial charge on any atom is 0.329 e. The molecule has 0 heterocycles. The van der Waals surface area contributed by atoms with Crippen LogP contribution in [-0.4, -0.2) is 74.2 Å². The third-order valence-corrected chi connectivity index (χ3v) is 11.6. The van der Waals surface area contributed by atoms with Crippen LogP contribution in [0, 0.1) is 28.6 Å². The molecule has 1 amide bonds. The molecule has 8 atom stereocenters. The summed E-state index contributed by atoms with van der Waals surface area (Å²) in [5.74, 6) is -2.12. The van der Waals surface area contributed by atoms with Crippen LogP contribution in [-0.2, 0) is 28.7 Å². The van der Waals surface area contributed by atoms with Gasteiger partial charge in [0, 0.05) is 41.2 Å². The Labute approximate surface area is 253 Å². The van der Waals surface area contributed by atoms with Crippen molar-refractivity contribution >= 4 is 56.3 Å². The number of esters is 1. The van der Waals surface area contributed by atoms with Gasteiger partial charge in [0.2, 0.25) is 11.7 Å². The Balaban J connectivity index is 1.45. The highest BCUT2D eigenvalue weighted by Crippen LogP contribution is 2.67. The van der Waals surface area contributed by atoms with Gasteiger partial charge in [-0.25, -0.2) is 4.79 Å². The molecule has 3 fully saturated rings. The van der Waals surface area contributed by atoms with Crippen LogP contribution >= 0.6 is 27.7 Å². The van der Waals surface area contributed by atoms with E-state index in [0.29, 0.717) is 24.6 Å². The Morgan fingerprint density at radius 2 is 1.98 bits per heavy atom. The van der Waals surface area contributed by atoms with Gasteiger partial charge in [-0.2, -0.15) is 0 Å². The number of halogens is 1. The number of ketones is 2. The minimum atomic E-state index is -1.79. The fourth-order valence-corrected chi connectivity index (χ4v) is 9.16. The van der Waals surface area contributed by atoms with Crippen LogP contribution in [0.4, 0.5) is 0 Å². The third kappa shape index (κ3) is 6.01. The van der Waals surface area contributed by atoms with Gasteiger partial charge < -0.3 is 20.3 Å². The van der Waals surface area contributed by atoms with Crippen molar-refractivity contribution in [1.29, 1.82) is 0 Å². The minimum absolute atomic E-state index is 0.0255. The zero-order valence-electron chi connectivity index (χ0n) is 23.8. The predicted octanol–water partition coefficient (Wildman–Crippen LogP) is 3.05. The summed E-state index contributed by atoms with van der Waals surface area (Å²) in [6.07, 6.45) is 7.83. The van der Waals surface area contributed by atoms with Crippen molar-refractivity contribution in [2.24, 2.45) is 28.6 Å². The normalized spacial score (nSPS) is 36.3. The van der Waals surface area contributed by atoms with E-state index in [-0.39, 0.29) is 47.2 Å². The van der Waals surface area contributed by atoms with E-state index in [1.807, 2.05) is 13.0 Å². The summed E-state index contributed by atoms with van der Waals surface area (Å²) in [5.41, 5.74) is -2.13. The number of Topliss-reactive ketones (excluding diaryl/α,β-unsaturated/α-hetero) is 1. The number of ether oxygens (including phenoxy) is 1. The number of aliphatic hydroxyl groups excluding tert-OH is 1. The average molecular weight is 655 g/mol. The second kappa shape index (κ2) is 12.4. The van der Waals surface area contributed by atoms with Crippen LogP contribution in [0.5, 0.6) is 0 Å². The average Bonchev–Trinajstić information content (AvgIpc) is 3.18. The molecule has 0 radical (unpaired) electrons. The summed E-state index contributed by atoms with van der Waals surface area (Å²) >= 11 is 4.19. The number of aliphatic hydroxyl groups is 2. The van der Waals surface area contributed by atoms with E-state index in [9.17, 15) is 34.2 Å². The van der Waals surface area contributed by atoms with Gasteiger partial charge in [-0.3, -0.25) is 19.2 Å². The number of amides is 1. The zero-order chi connectivity index (χ0) is 30.2. The van der Waals surface area contributed by atoms with Crippen molar-refractivity contribution in [2.45, 2.75) is 83.5 Å². The molecule has 1 unspecified atom stereocenters. The lowest BCUT2D eigenvalue weighted by atomic mass is 9.46. The lowest BCUT2D eigenvalue weighted by molar-refractivity contribution is -0.181. The summed E-state index contributed by atoms with van der Waals surface area (Å²) in [5, 5.41) is 26.4. The highest BCUT2D eigenvalue weighted by molar-refractivity contribution is 9.09. The van der Waals surface area contributed by atoms with Crippen molar-refractivity contribution in [2.75, 3.05) is 17.7 Å². The highest BCUT2D eigenvalue weighted by atomic mass is 79.9. The van der Waals surface area contributed by atoms with Gasteiger partial charge in [-0.15, -0.1) is 0 Å². The van der Waals surface area contributed by atoms with Crippen molar-refractivity contribution < 1.29 is 38.9 Å². The molecule has 226 valence electrons. The predicted molar refractivity (Wildman–Crippen MR) is 157 cm³/mol. The maximum atomic E-state index is 13.5. The van der Waals surface area contributed by atoms with E-state index < -0.39 is 52.8 Å². The first-order valence-electron chi connectivity index (χ1n) is 14.3. The molecule has 11 heteroatoms. The van der Waals surface area contributed by atoms with Crippen molar-refractivity contribution in [1.82, 2.24) is 5.32 Å². The SMILES string of the molecule is CC(=O)NC(CSC(=O)CCCBr)C(=O)OCC(=O)[C@@]1(O)CC[C@H]2[C@@H]3CCC4=CC(=O)C=C[C@]4(C)[C@H]3[C@@H](O)C[C@@]21C. The largest absolute Gasteiger partial charge is 0.456 e. The molecule has 0 spiro atoms. The summed E-state index contributed by atoms with van der Waals surface area (Å²) < 4.78 is 5.31. The fraction of sp³-hybridized carbons (Fsp3) is 0.700. The van der Waals surface area contributed by atoms with E-state index in [2.05, 4.69) is 28.2 Å². The summed E-state index contributed by atoms with van der Waals surface area (Å²) in [6.45, 7) is 4.50. The van der Waals surface area contributed by atoms with Gasteiger partial charge in [-0.1, -0.05) is 53.2 Å². The topological polar surface area (TPSA) is 147 Å². The standard InChI is InChI=1S/C30H40BrNO8S/c1-17(33)32-22(16-41-25(37)5-4-12-31)27(38)40-15-24(36)30(39)11-9-21-20-7-6-18-13-19(34)8-10-28(18,2)26(20)23(35)14-29(21,30)3/h8,10,13,20-23,26,35,39H,4-7,9,11-12,14-16H2,1-3H3,(H,32,33)/t20-,21-,22?,23-,26+,28-,29-,30-/m0/s1. The molecule has 3 N–H and O–H groups in total. The number of fused-ring (bicyclic) bond motifs is 5. The van der Waals surface area contributed by atoms with Gasteiger partial charge in [0.1, 0.15) is 11.6 Å². The number of allylic oxidation sites excluding steroid dienone is 4. The Morgan fingerprint density at radius 3 is 2.66 bits per heavy atom. The molecule has 4 aliphatic carbocycles. The van der Waals surface area contributed by atoms with E-state index >= 15 is 0 Å². The number of alkyl halides is 1. The van der Waals surface area contributed by atoms with Crippen LogP contribution in [0.15, 0.2) is 23.8 Å². The Hall–Kier alpha value is -1.82. The van der Waals surface area contributed by atoms with Crippen LogP contribution < -0.4 is 5.32 Å². The molecule has 0 bridgehead atoms. The zero-order valence-corrected chi connectivity index (χ0v) is 26.2. The number of hydrogen-bond donors (Lipinski definition) is 3. The van der Waals surface area contributed by atoms with E-state index in [4.69, 9.17) is 4.74 Å². The smallest absolute Gasteiger partial charge is 0.329 e. The second-order valence-corrected chi connectivity index (χ2v) is 14.2. The lowest BCUT2D eigenvalue weighted by Gasteiger charge is -2.59. The van der Waals surface area contributed by atoms with Crippen molar-refractivity contribution in [3.05, 3.63) is 23.8 Å². The number of carbonyl (C=O) groups excluding carboxylic acids is 5. The van der Waals surface area contributed by atoms with Gasteiger partial charge in [0.25, 0.3) is 0 Å². The third-order valence-electron chi connectivity index (χ3n) is 10.0. The van der Waals surface area contributed by atoms with Gasteiger partial charge in [0.15, 0.2) is 17.5 Å². The fourth-order valence-electron chi connectivity index (χ4n) is 8.02. The minimum Gasteiger partial charge on any atom is -0.456 e. The van der Waals surface area contributed by atoms with Gasteiger partial charge in [-0.05, 0) is 62.5 Å². The first-order chi connectivity index (χ1) is 19.3. The molecule has 0 saturated heterocycles. The quantitative estimate of drug-likeness (QED) is 0.239. The molecule has 41 heavy (non-hydrogen) atoms. The molecule has 0 aliphatic heterocycles. The Morgan fingerprint density at radius 1 is 1.24 bits per heavy atom.